The molecule has 2 aromatic heterocycles. The minimum atomic E-state index is -4.55. The number of aryl methyl sites for hydroxylation is 3. The molecule has 1 atom stereocenters. The number of hydrogen-bond acceptors (Lipinski definition) is 4. The lowest BCUT2D eigenvalue weighted by Crippen LogP contribution is -2.20. The summed E-state index contributed by atoms with van der Waals surface area (Å²) in [6, 6.07) is 7.12. The Kier molecular flexibility index (Phi) is 6.19. The van der Waals surface area contributed by atoms with Gasteiger partial charge in [-0.1, -0.05) is 24.3 Å². The Hall–Kier alpha value is -3.23. The molecule has 3 aromatic rings. The van der Waals surface area contributed by atoms with Crippen LogP contribution in [0.2, 0.25) is 0 Å². The van der Waals surface area contributed by atoms with Crippen molar-refractivity contribution in [3.8, 4) is 0 Å². The average Bonchev–Trinajstić information content (AvgIpc) is 3.09. The van der Waals surface area contributed by atoms with Gasteiger partial charge in [0.05, 0.1) is 23.4 Å². The minimum absolute atomic E-state index is 0.0555. The molecule has 1 aromatic carbocycles. The van der Waals surface area contributed by atoms with E-state index in [1.54, 1.807) is 55.3 Å². The zero-order valence-corrected chi connectivity index (χ0v) is 16.6. The number of nitrogens with two attached hydrogens (primary N) is 1. The van der Waals surface area contributed by atoms with Crippen LogP contribution in [-0.4, -0.2) is 25.7 Å². The number of carbonyl (C=O) groups is 1. The Morgan fingerprint density at radius 3 is 2.57 bits per heavy atom. The lowest BCUT2D eigenvalue weighted by Gasteiger charge is -2.16. The highest BCUT2D eigenvalue weighted by Crippen LogP contribution is 2.32. The zero-order chi connectivity index (χ0) is 21.9. The van der Waals surface area contributed by atoms with E-state index in [4.69, 9.17) is 5.73 Å². The molecule has 0 bridgehead atoms. The van der Waals surface area contributed by atoms with E-state index in [1.807, 2.05) is 0 Å². The number of benzene rings is 1. The third-order valence-electron chi connectivity index (χ3n) is 4.92. The van der Waals surface area contributed by atoms with Crippen LogP contribution >= 0.6 is 0 Å². The number of rotatable bonds is 7. The second kappa shape index (κ2) is 8.64. The number of nitrogens with zero attached hydrogens (tertiary/aromatic N) is 4. The summed E-state index contributed by atoms with van der Waals surface area (Å²) in [7, 11) is 1.76. The summed E-state index contributed by atoms with van der Waals surface area (Å²) in [6.07, 6.45) is 0.312. The molecule has 0 spiro atoms. The van der Waals surface area contributed by atoms with Crippen molar-refractivity contribution in [2.24, 2.45) is 12.8 Å². The Balaban J connectivity index is 1.89. The molecule has 0 saturated carbocycles. The minimum Gasteiger partial charge on any atom is -0.369 e. The molecule has 0 fully saturated rings. The van der Waals surface area contributed by atoms with Crippen molar-refractivity contribution in [2.45, 2.75) is 38.3 Å². The Labute approximate surface area is 172 Å². The molecule has 0 radical (unpaired) electrons. The van der Waals surface area contributed by atoms with Crippen molar-refractivity contribution in [1.82, 2.24) is 19.7 Å². The Morgan fingerprint density at radius 1 is 1.20 bits per heavy atom. The normalized spacial score (nSPS) is 12.7. The number of hydrogen-bond donors (Lipinski definition) is 1. The second-order valence-corrected chi connectivity index (χ2v) is 7.17. The number of primary amides is 1. The molecule has 1 amide bonds. The molecule has 1 unspecified atom stereocenters. The van der Waals surface area contributed by atoms with Gasteiger partial charge in [0.15, 0.2) is 0 Å². The standard InChI is InChI=1S/C21H22F3N5O/c1-13(20(25)30)16-6-4-3-5-15(16)7-8-18-17(21(22,23)24)11-26-19(28-18)9-14-10-27-29(2)12-14/h3-6,10-13H,7-9H2,1-2H3,(H2,25,30). The van der Waals surface area contributed by atoms with Gasteiger partial charge < -0.3 is 5.73 Å². The molecule has 3 rings (SSSR count). The van der Waals surface area contributed by atoms with Crippen LogP contribution in [0.25, 0.3) is 0 Å². The smallest absolute Gasteiger partial charge is 0.369 e. The van der Waals surface area contributed by atoms with Crippen molar-refractivity contribution in [1.29, 1.82) is 0 Å². The first kappa shape index (κ1) is 21.5. The summed E-state index contributed by atoms with van der Waals surface area (Å²) < 4.78 is 42.1. The molecule has 158 valence electrons. The first-order chi connectivity index (χ1) is 14.1. The lowest BCUT2D eigenvalue weighted by molar-refractivity contribution is -0.138. The van der Waals surface area contributed by atoms with Crippen LogP contribution in [0.4, 0.5) is 13.2 Å². The van der Waals surface area contributed by atoms with Crippen molar-refractivity contribution < 1.29 is 18.0 Å². The van der Waals surface area contributed by atoms with E-state index in [9.17, 15) is 18.0 Å². The van der Waals surface area contributed by atoms with Crippen LogP contribution in [0.5, 0.6) is 0 Å². The molecule has 9 heteroatoms. The monoisotopic (exact) mass is 417 g/mol. The molecular formula is C21H22F3N5O. The van der Waals surface area contributed by atoms with Gasteiger partial charge in [-0.25, -0.2) is 9.97 Å². The highest BCUT2D eigenvalue weighted by Gasteiger charge is 2.34. The van der Waals surface area contributed by atoms with Crippen LogP contribution in [0, 0.1) is 0 Å². The fourth-order valence-electron chi connectivity index (χ4n) is 3.31. The van der Waals surface area contributed by atoms with Crippen molar-refractivity contribution in [3.05, 3.63) is 76.6 Å². The zero-order valence-electron chi connectivity index (χ0n) is 16.6. The van der Waals surface area contributed by atoms with Gasteiger partial charge in [0.1, 0.15) is 5.82 Å². The van der Waals surface area contributed by atoms with Crippen molar-refractivity contribution in [3.63, 3.8) is 0 Å². The third-order valence-corrected chi connectivity index (χ3v) is 4.92. The van der Waals surface area contributed by atoms with Gasteiger partial charge in [0.25, 0.3) is 0 Å². The lowest BCUT2D eigenvalue weighted by atomic mass is 9.92. The highest BCUT2D eigenvalue weighted by atomic mass is 19.4. The number of alkyl halides is 3. The number of aromatic nitrogens is 4. The van der Waals surface area contributed by atoms with Crippen LogP contribution in [0.1, 0.15) is 46.6 Å². The van der Waals surface area contributed by atoms with E-state index in [2.05, 4.69) is 15.1 Å². The molecule has 0 aliphatic heterocycles. The maximum absolute atomic E-state index is 13.5. The van der Waals surface area contributed by atoms with Gasteiger partial charge in [0.2, 0.25) is 5.91 Å². The summed E-state index contributed by atoms with van der Waals surface area (Å²) in [4.78, 5) is 19.7. The molecule has 6 nitrogen and oxygen atoms in total. The van der Waals surface area contributed by atoms with E-state index in [0.29, 0.717) is 17.8 Å². The van der Waals surface area contributed by atoms with Crippen molar-refractivity contribution in [2.75, 3.05) is 0 Å². The molecule has 0 saturated heterocycles. The SMILES string of the molecule is CC(C(N)=O)c1ccccc1CCc1nc(Cc2cnn(C)c2)ncc1C(F)(F)F. The summed E-state index contributed by atoms with van der Waals surface area (Å²) in [6.45, 7) is 1.68. The predicted octanol–water partition coefficient (Wildman–Crippen LogP) is 3.19. The molecular weight excluding hydrogens is 395 g/mol. The summed E-state index contributed by atoms with van der Waals surface area (Å²) in [5.74, 6) is -0.723. The topological polar surface area (TPSA) is 86.7 Å². The van der Waals surface area contributed by atoms with E-state index in [-0.39, 0.29) is 18.5 Å². The van der Waals surface area contributed by atoms with Gasteiger partial charge in [0, 0.05) is 25.9 Å². The molecule has 2 N–H and O–H groups in total. The fourth-order valence-corrected chi connectivity index (χ4v) is 3.31. The molecule has 0 aliphatic rings. The molecule has 30 heavy (non-hydrogen) atoms. The fraction of sp³-hybridized carbons (Fsp3) is 0.333. The van der Waals surface area contributed by atoms with E-state index >= 15 is 0 Å². The molecule has 0 aliphatic carbocycles. The predicted molar refractivity (Wildman–Crippen MR) is 105 cm³/mol. The van der Waals surface area contributed by atoms with Gasteiger partial charge in [-0.3, -0.25) is 9.48 Å². The van der Waals surface area contributed by atoms with Gasteiger partial charge in [-0.05, 0) is 36.5 Å². The maximum Gasteiger partial charge on any atom is 0.419 e. The number of amides is 1. The van der Waals surface area contributed by atoms with Crippen LogP contribution < -0.4 is 5.73 Å². The highest BCUT2D eigenvalue weighted by molar-refractivity contribution is 5.81. The van der Waals surface area contributed by atoms with E-state index in [1.165, 1.54) is 0 Å². The van der Waals surface area contributed by atoms with Crippen molar-refractivity contribution >= 4 is 5.91 Å². The summed E-state index contributed by atoms with van der Waals surface area (Å²) in [5, 5.41) is 4.05. The van der Waals surface area contributed by atoms with Crippen LogP contribution in [0.3, 0.4) is 0 Å². The van der Waals surface area contributed by atoms with Gasteiger partial charge >= 0.3 is 6.18 Å². The first-order valence-electron chi connectivity index (χ1n) is 9.41. The Morgan fingerprint density at radius 2 is 1.93 bits per heavy atom. The van der Waals surface area contributed by atoms with E-state index < -0.39 is 23.6 Å². The largest absolute Gasteiger partial charge is 0.419 e. The second-order valence-electron chi connectivity index (χ2n) is 7.17. The van der Waals surface area contributed by atoms with Crippen LogP contribution in [0.15, 0.2) is 42.9 Å². The summed E-state index contributed by atoms with van der Waals surface area (Å²) in [5.41, 5.74) is 6.77. The number of carbonyl (C=O) groups excluding carboxylic acids is 1. The third kappa shape index (κ3) is 5.03. The average molecular weight is 417 g/mol. The van der Waals surface area contributed by atoms with Gasteiger partial charge in [-0.2, -0.15) is 18.3 Å². The maximum atomic E-state index is 13.5. The Bertz CT molecular complexity index is 1050. The number of halogens is 3. The quantitative estimate of drug-likeness (QED) is 0.640. The van der Waals surface area contributed by atoms with E-state index in [0.717, 1.165) is 17.3 Å². The van der Waals surface area contributed by atoms with Crippen LogP contribution in [-0.2, 0) is 37.3 Å². The van der Waals surface area contributed by atoms with Gasteiger partial charge in [-0.15, -0.1) is 0 Å². The first-order valence-corrected chi connectivity index (χ1v) is 9.41. The summed E-state index contributed by atoms with van der Waals surface area (Å²) >= 11 is 0. The molecule has 2 heterocycles.